The number of carboxylic acids is 1. The van der Waals surface area contributed by atoms with Crippen molar-refractivity contribution < 1.29 is 19.1 Å². The SMILES string of the molecule is CC(C)(C)c1ccc(C(=O)Nc2ccccc2C(=O)[O-])o1. The van der Waals surface area contributed by atoms with Crippen molar-refractivity contribution in [2.24, 2.45) is 0 Å². The highest BCUT2D eigenvalue weighted by Gasteiger charge is 2.20. The first-order chi connectivity index (χ1) is 9.79. The normalized spacial score (nSPS) is 11.2. The molecule has 1 aromatic carbocycles. The minimum absolute atomic E-state index is 0.0755. The Morgan fingerprint density at radius 2 is 1.76 bits per heavy atom. The molecule has 1 amide bonds. The molecule has 0 aliphatic rings. The fourth-order valence-electron chi connectivity index (χ4n) is 1.82. The summed E-state index contributed by atoms with van der Waals surface area (Å²) in [6.45, 7) is 5.91. The molecular weight excluding hydrogens is 270 g/mol. The number of para-hydroxylation sites is 1. The van der Waals surface area contributed by atoms with Gasteiger partial charge in [0, 0.05) is 11.0 Å². The second-order valence-corrected chi connectivity index (χ2v) is 5.70. The number of carboxylic acid groups (broad SMARTS) is 1. The molecule has 2 aromatic rings. The van der Waals surface area contributed by atoms with Crippen molar-refractivity contribution in [3.8, 4) is 0 Å². The van der Waals surface area contributed by atoms with E-state index in [1.807, 2.05) is 20.8 Å². The van der Waals surface area contributed by atoms with Gasteiger partial charge in [0.15, 0.2) is 5.76 Å². The van der Waals surface area contributed by atoms with Crippen molar-refractivity contribution in [3.05, 3.63) is 53.5 Å². The van der Waals surface area contributed by atoms with E-state index in [0.717, 1.165) is 0 Å². The lowest BCUT2D eigenvalue weighted by atomic mass is 9.94. The summed E-state index contributed by atoms with van der Waals surface area (Å²) in [6, 6.07) is 9.36. The Morgan fingerprint density at radius 3 is 2.33 bits per heavy atom. The van der Waals surface area contributed by atoms with E-state index in [2.05, 4.69) is 5.32 Å². The van der Waals surface area contributed by atoms with E-state index in [-0.39, 0.29) is 22.4 Å². The number of hydrogen-bond donors (Lipinski definition) is 1. The monoisotopic (exact) mass is 286 g/mol. The van der Waals surface area contributed by atoms with Crippen LogP contribution < -0.4 is 10.4 Å². The molecular formula is C16H16NO4-. The Balaban J connectivity index is 2.23. The first-order valence-electron chi connectivity index (χ1n) is 6.51. The number of aromatic carboxylic acids is 1. The molecule has 0 radical (unpaired) electrons. The zero-order chi connectivity index (χ0) is 15.6. The van der Waals surface area contributed by atoms with E-state index in [0.29, 0.717) is 5.76 Å². The number of carbonyl (C=O) groups is 2. The standard InChI is InChI=1S/C16H17NO4/c1-16(2,3)13-9-8-12(21-13)14(18)17-11-7-5-4-6-10(11)15(19)20/h4-9H,1-3H3,(H,17,18)(H,19,20)/p-1. The molecule has 5 heteroatoms. The van der Waals surface area contributed by atoms with Gasteiger partial charge in [0.1, 0.15) is 5.76 Å². The highest BCUT2D eigenvalue weighted by Crippen LogP contribution is 2.25. The second kappa shape index (κ2) is 5.44. The molecule has 0 aliphatic carbocycles. The summed E-state index contributed by atoms with van der Waals surface area (Å²) in [5, 5.41) is 13.5. The Bertz CT molecular complexity index is 680. The summed E-state index contributed by atoms with van der Waals surface area (Å²) in [5.74, 6) is -1.03. The van der Waals surface area contributed by atoms with Gasteiger partial charge in [-0.25, -0.2) is 0 Å². The molecule has 2 rings (SSSR count). The minimum atomic E-state index is -1.35. The maximum atomic E-state index is 12.1. The number of nitrogens with one attached hydrogen (secondary N) is 1. The van der Waals surface area contributed by atoms with Gasteiger partial charge in [0.05, 0.1) is 11.7 Å². The van der Waals surface area contributed by atoms with E-state index in [1.54, 1.807) is 24.3 Å². The molecule has 0 aliphatic heterocycles. The molecule has 21 heavy (non-hydrogen) atoms. The highest BCUT2D eigenvalue weighted by atomic mass is 16.4. The molecule has 0 unspecified atom stereocenters. The Kier molecular flexibility index (Phi) is 3.84. The van der Waals surface area contributed by atoms with E-state index in [9.17, 15) is 14.7 Å². The molecule has 0 spiro atoms. The molecule has 0 atom stereocenters. The Morgan fingerprint density at radius 1 is 1.10 bits per heavy atom. The van der Waals surface area contributed by atoms with Gasteiger partial charge in [-0.3, -0.25) is 4.79 Å². The summed E-state index contributed by atoms with van der Waals surface area (Å²) in [5.41, 5.74) is -0.105. The Hall–Kier alpha value is -2.56. The number of anilines is 1. The average Bonchev–Trinajstić information content (AvgIpc) is 2.88. The first kappa shape index (κ1) is 14.8. The third-order valence-corrected chi connectivity index (χ3v) is 2.96. The predicted molar refractivity (Wildman–Crippen MR) is 76.1 cm³/mol. The summed E-state index contributed by atoms with van der Waals surface area (Å²) >= 11 is 0. The zero-order valence-electron chi connectivity index (χ0n) is 12.1. The van der Waals surface area contributed by atoms with Crippen LogP contribution in [-0.4, -0.2) is 11.9 Å². The van der Waals surface area contributed by atoms with Crippen LogP contribution in [0.2, 0.25) is 0 Å². The molecule has 0 saturated carbocycles. The molecule has 0 saturated heterocycles. The summed E-state index contributed by atoms with van der Waals surface area (Å²) < 4.78 is 5.51. The van der Waals surface area contributed by atoms with Crippen LogP contribution in [-0.2, 0) is 5.41 Å². The van der Waals surface area contributed by atoms with Crippen LogP contribution >= 0.6 is 0 Å². The van der Waals surface area contributed by atoms with Gasteiger partial charge < -0.3 is 19.6 Å². The molecule has 0 bridgehead atoms. The van der Waals surface area contributed by atoms with Gasteiger partial charge >= 0.3 is 0 Å². The van der Waals surface area contributed by atoms with Crippen LogP contribution in [0.1, 0.15) is 47.4 Å². The third-order valence-electron chi connectivity index (χ3n) is 2.96. The largest absolute Gasteiger partial charge is 0.545 e. The number of furan rings is 1. The lowest BCUT2D eigenvalue weighted by molar-refractivity contribution is -0.254. The molecule has 1 aromatic heterocycles. The van der Waals surface area contributed by atoms with Crippen LogP contribution in [0.25, 0.3) is 0 Å². The summed E-state index contributed by atoms with van der Waals surface area (Å²) in [6.07, 6.45) is 0. The number of amides is 1. The first-order valence-corrected chi connectivity index (χ1v) is 6.51. The van der Waals surface area contributed by atoms with Crippen molar-refractivity contribution in [2.45, 2.75) is 26.2 Å². The van der Waals surface area contributed by atoms with Gasteiger partial charge in [-0.1, -0.05) is 39.0 Å². The maximum absolute atomic E-state index is 12.1. The summed E-state index contributed by atoms with van der Waals surface area (Å²) in [7, 11) is 0. The van der Waals surface area contributed by atoms with Gasteiger partial charge in [0.2, 0.25) is 0 Å². The fraction of sp³-hybridized carbons (Fsp3) is 0.250. The van der Waals surface area contributed by atoms with E-state index < -0.39 is 11.9 Å². The topological polar surface area (TPSA) is 82.4 Å². The molecule has 5 nitrogen and oxygen atoms in total. The summed E-state index contributed by atoms with van der Waals surface area (Å²) in [4.78, 5) is 23.1. The van der Waals surface area contributed by atoms with Crippen LogP contribution in [0.3, 0.4) is 0 Å². The maximum Gasteiger partial charge on any atom is 0.291 e. The molecule has 0 fully saturated rings. The van der Waals surface area contributed by atoms with E-state index >= 15 is 0 Å². The van der Waals surface area contributed by atoms with Crippen LogP contribution in [0, 0.1) is 0 Å². The fourth-order valence-corrected chi connectivity index (χ4v) is 1.82. The predicted octanol–water partition coefficient (Wildman–Crippen LogP) is 2.19. The molecule has 1 heterocycles. The average molecular weight is 286 g/mol. The quantitative estimate of drug-likeness (QED) is 0.937. The van der Waals surface area contributed by atoms with E-state index in [4.69, 9.17) is 4.42 Å². The number of carbonyl (C=O) groups excluding carboxylic acids is 2. The molecule has 1 N–H and O–H groups in total. The smallest absolute Gasteiger partial charge is 0.291 e. The lowest BCUT2D eigenvalue weighted by Gasteiger charge is -2.14. The number of benzene rings is 1. The van der Waals surface area contributed by atoms with Gasteiger partial charge in [-0.05, 0) is 18.2 Å². The second-order valence-electron chi connectivity index (χ2n) is 5.70. The van der Waals surface area contributed by atoms with Crippen molar-refractivity contribution >= 4 is 17.6 Å². The van der Waals surface area contributed by atoms with Crippen molar-refractivity contribution in [1.82, 2.24) is 0 Å². The van der Waals surface area contributed by atoms with Gasteiger partial charge in [-0.15, -0.1) is 0 Å². The Labute approximate surface area is 122 Å². The lowest BCUT2D eigenvalue weighted by Crippen LogP contribution is -2.24. The minimum Gasteiger partial charge on any atom is -0.545 e. The van der Waals surface area contributed by atoms with Gasteiger partial charge in [0.25, 0.3) is 5.91 Å². The van der Waals surface area contributed by atoms with Crippen molar-refractivity contribution in [1.29, 1.82) is 0 Å². The third kappa shape index (κ3) is 3.31. The van der Waals surface area contributed by atoms with Crippen LogP contribution in [0.15, 0.2) is 40.8 Å². The van der Waals surface area contributed by atoms with Crippen molar-refractivity contribution in [3.63, 3.8) is 0 Å². The molecule has 110 valence electrons. The van der Waals surface area contributed by atoms with E-state index in [1.165, 1.54) is 12.1 Å². The number of hydrogen-bond acceptors (Lipinski definition) is 4. The van der Waals surface area contributed by atoms with Crippen LogP contribution in [0.4, 0.5) is 5.69 Å². The highest BCUT2D eigenvalue weighted by molar-refractivity contribution is 6.06. The van der Waals surface area contributed by atoms with Crippen molar-refractivity contribution in [2.75, 3.05) is 5.32 Å². The van der Waals surface area contributed by atoms with Gasteiger partial charge in [-0.2, -0.15) is 0 Å². The zero-order valence-corrected chi connectivity index (χ0v) is 12.1. The van der Waals surface area contributed by atoms with Crippen LogP contribution in [0.5, 0.6) is 0 Å². The number of rotatable bonds is 3.